The van der Waals surface area contributed by atoms with Crippen molar-refractivity contribution in [1.82, 2.24) is 20.8 Å². The first-order valence-corrected chi connectivity index (χ1v) is 9.07. The van der Waals surface area contributed by atoms with Crippen molar-refractivity contribution in [1.29, 1.82) is 0 Å². The number of hydrogen-bond donors (Lipinski definition) is 2. The zero-order chi connectivity index (χ0) is 18.1. The number of rotatable bonds is 8. The lowest BCUT2D eigenvalue weighted by molar-refractivity contribution is 0.378. The van der Waals surface area contributed by atoms with E-state index >= 15 is 0 Å². The number of guanidine groups is 1. The van der Waals surface area contributed by atoms with Crippen LogP contribution < -0.4 is 10.6 Å². The van der Waals surface area contributed by atoms with Gasteiger partial charge in [0.1, 0.15) is 0 Å². The summed E-state index contributed by atoms with van der Waals surface area (Å²) in [6, 6.07) is 7.37. The smallest absolute Gasteiger partial charge is 0.228 e. The van der Waals surface area contributed by atoms with E-state index in [0.29, 0.717) is 35.6 Å². The number of benzene rings is 1. The fourth-order valence-corrected chi connectivity index (χ4v) is 2.53. The molecule has 25 heavy (non-hydrogen) atoms. The average Bonchev–Trinajstić information content (AvgIpc) is 3.10. The second-order valence-corrected chi connectivity index (χ2v) is 6.27. The summed E-state index contributed by atoms with van der Waals surface area (Å²) >= 11 is 5.89. The van der Waals surface area contributed by atoms with Crippen LogP contribution in [-0.4, -0.2) is 36.2 Å². The molecule has 7 heteroatoms. The fourth-order valence-electron chi connectivity index (χ4n) is 2.40. The molecule has 0 saturated heterocycles. The summed E-state index contributed by atoms with van der Waals surface area (Å²) in [6.07, 6.45) is 2.96. The standard InChI is InChI=1S/C18H26ClN5O/c1-4-13(5-2)12-22-18(20-3)21-11-10-16-23-17(24-25-16)14-6-8-15(19)9-7-14/h6-9,13H,4-5,10-12H2,1-3H3,(H2,20,21,22). The third-order valence-electron chi connectivity index (χ3n) is 4.14. The van der Waals surface area contributed by atoms with Crippen LogP contribution >= 0.6 is 11.6 Å². The van der Waals surface area contributed by atoms with Crippen molar-refractivity contribution in [2.24, 2.45) is 10.9 Å². The third-order valence-corrected chi connectivity index (χ3v) is 4.39. The zero-order valence-corrected chi connectivity index (χ0v) is 15.8. The van der Waals surface area contributed by atoms with Gasteiger partial charge >= 0.3 is 0 Å². The maximum absolute atomic E-state index is 5.89. The van der Waals surface area contributed by atoms with Gasteiger partial charge in [0.05, 0.1) is 0 Å². The summed E-state index contributed by atoms with van der Waals surface area (Å²) in [5.41, 5.74) is 0.884. The van der Waals surface area contributed by atoms with E-state index < -0.39 is 0 Å². The number of aromatic nitrogens is 2. The van der Waals surface area contributed by atoms with E-state index in [1.54, 1.807) is 7.05 Å². The van der Waals surface area contributed by atoms with Crippen molar-refractivity contribution in [2.75, 3.05) is 20.1 Å². The first kappa shape index (κ1) is 19.2. The maximum Gasteiger partial charge on any atom is 0.228 e. The van der Waals surface area contributed by atoms with E-state index in [2.05, 4.69) is 39.6 Å². The molecule has 1 aromatic carbocycles. The summed E-state index contributed by atoms with van der Waals surface area (Å²) < 4.78 is 5.30. The first-order chi connectivity index (χ1) is 12.2. The molecule has 1 aromatic heterocycles. The molecule has 2 rings (SSSR count). The molecule has 0 bridgehead atoms. The van der Waals surface area contributed by atoms with Gasteiger partial charge in [0.2, 0.25) is 11.7 Å². The number of nitrogens with one attached hydrogen (secondary N) is 2. The van der Waals surface area contributed by atoms with Gasteiger partial charge in [0.15, 0.2) is 5.96 Å². The molecular weight excluding hydrogens is 338 g/mol. The monoisotopic (exact) mass is 363 g/mol. The van der Waals surface area contributed by atoms with Gasteiger partial charge in [-0.3, -0.25) is 4.99 Å². The molecule has 0 aliphatic heterocycles. The fraction of sp³-hybridized carbons (Fsp3) is 0.500. The second-order valence-electron chi connectivity index (χ2n) is 5.83. The molecule has 0 spiro atoms. The highest BCUT2D eigenvalue weighted by atomic mass is 35.5. The van der Waals surface area contributed by atoms with Crippen molar-refractivity contribution < 1.29 is 4.52 Å². The molecule has 136 valence electrons. The van der Waals surface area contributed by atoms with Crippen LogP contribution in [0.3, 0.4) is 0 Å². The van der Waals surface area contributed by atoms with Crippen LogP contribution in [0.1, 0.15) is 32.6 Å². The summed E-state index contributed by atoms with van der Waals surface area (Å²) in [7, 11) is 1.77. The highest BCUT2D eigenvalue weighted by Gasteiger charge is 2.09. The van der Waals surface area contributed by atoms with Gasteiger partial charge in [-0.1, -0.05) is 43.4 Å². The number of halogens is 1. The van der Waals surface area contributed by atoms with Crippen molar-refractivity contribution in [3.05, 3.63) is 35.2 Å². The lowest BCUT2D eigenvalue weighted by Crippen LogP contribution is -2.40. The van der Waals surface area contributed by atoms with Gasteiger partial charge in [-0.15, -0.1) is 0 Å². The van der Waals surface area contributed by atoms with E-state index in [9.17, 15) is 0 Å². The zero-order valence-electron chi connectivity index (χ0n) is 15.1. The second kappa shape index (κ2) is 10.0. The average molecular weight is 364 g/mol. The molecule has 0 saturated carbocycles. The van der Waals surface area contributed by atoms with Crippen LogP contribution in [-0.2, 0) is 6.42 Å². The van der Waals surface area contributed by atoms with Gasteiger partial charge < -0.3 is 15.2 Å². The Balaban J connectivity index is 1.80. The molecule has 0 atom stereocenters. The highest BCUT2D eigenvalue weighted by molar-refractivity contribution is 6.30. The molecule has 0 unspecified atom stereocenters. The molecule has 2 aromatic rings. The first-order valence-electron chi connectivity index (χ1n) is 8.69. The Bertz CT molecular complexity index is 664. The van der Waals surface area contributed by atoms with Crippen molar-refractivity contribution in [3.8, 4) is 11.4 Å². The molecule has 0 aliphatic carbocycles. The molecule has 2 N–H and O–H groups in total. The molecular formula is C18H26ClN5O. The maximum atomic E-state index is 5.89. The Morgan fingerprint density at radius 3 is 2.56 bits per heavy atom. The van der Waals surface area contributed by atoms with Gasteiger partial charge in [-0.05, 0) is 30.2 Å². The van der Waals surface area contributed by atoms with Crippen molar-refractivity contribution >= 4 is 17.6 Å². The molecule has 0 fully saturated rings. The van der Waals surface area contributed by atoms with Crippen molar-refractivity contribution in [3.63, 3.8) is 0 Å². The predicted molar refractivity (Wildman–Crippen MR) is 102 cm³/mol. The van der Waals surface area contributed by atoms with Crippen molar-refractivity contribution in [2.45, 2.75) is 33.1 Å². The van der Waals surface area contributed by atoms with E-state index in [4.69, 9.17) is 16.1 Å². The Hall–Kier alpha value is -2.08. The molecule has 6 nitrogen and oxygen atoms in total. The summed E-state index contributed by atoms with van der Waals surface area (Å²) in [5.74, 6) is 2.62. The van der Waals surface area contributed by atoms with Gasteiger partial charge in [0, 0.05) is 37.1 Å². The molecule has 0 radical (unpaired) electrons. The normalized spacial score (nSPS) is 11.8. The predicted octanol–water partition coefficient (Wildman–Crippen LogP) is 3.53. The summed E-state index contributed by atoms with van der Waals surface area (Å²) in [4.78, 5) is 8.65. The summed E-state index contributed by atoms with van der Waals surface area (Å²) in [5, 5.41) is 11.3. The Kier molecular flexibility index (Phi) is 7.73. The Morgan fingerprint density at radius 1 is 1.20 bits per heavy atom. The lowest BCUT2D eigenvalue weighted by atomic mass is 10.0. The lowest BCUT2D eigenvalue weighted by Gasteiger charge is -2.16. The van der Waals surface area contributed by atoms with E-state index in [-0.39, 0.29) is 0 Å². The van der Waals surface area contributed by atoms with Gasteiger partial charge in [0.25, 0.3) is 0 Å². The van der Waals surface area contributed by atoms with Gasteiger partial charge in [-0.2, -0.15) is 4.98 Å². The largest absolute Gasteiger partial charge is 0.356 e. The minimum atomic E-state index is 0.572. The minimum Gasteiger partial charge on any atom is -0.356 e. The van der Waals surface area contributed by atoms with Crippen LogP contribution in [0.15, 0.2) is 33.8 Å². The van der Waals surface area contributed by atoms with Crippen LogP contribution in [0.25, 0.3) is 11.4 Å². The van der Waals surface area contributed by atoms with Crippen LogP contribution in [0.5, 0.6) is 0 Å². The molecule has 0 amide bonds. The van der Waals surface area contributed by atoms with E-state index in [0.717, 1.165) is 30.9 Å². The quantitative estimate of drug-likeness (QED) is 0.554. The Labute approximate surface area is 154 Å². The highest BCUT2D eigenvalue weighted by Crippen LogP contribution is 2.18. The number of nitrogens with zero attached hydrogens (tertiary/aromatic N) is 3. The SMILES string of the molecule is CCC(CC)CNC(=NC)NCCc1nc(-c2ccc(Cl)cc2)no1. The Morgan fingerprint density at radius 2 is 1.92 bits per heavy atom. The van der Waals surface area contributed by atoms with E-state index in [1.165, 1.54) is 0 Å². The topological polar surface area (TPSA) is 75.3 Å². The van der Waals surface area contributed by atoms with Crippen LogP contribution in [0, 0.1) is 5.92 Å². The number of aliphatic imine (C=N–C) groups is 1. The van der Waals surface area contributed by atoms with Gasteiger partial charge in [-0.25, -0.2) is 0 Å². The van der Waals surface area contributed by atoms with Crippen LogP contribution in [0.4, 0.5) is 0 Å². The third kappa shape index (κ3) is 6.05. The minimum absolute atomic E-state index is 0.572. The summed E-state index contributed by atoms with van der Waals surface area (Å²) in [6.45, 7) is 6.01. The molecule has 0 aliphatic rings. The molecule has 1 heterocycles. The number of hydrogen-bond acceptors (Lipinski definition) is 4. The van der Waals surface area contributed by atoms with Crippen LogP contribution in [0.2, 0.25) is 5.02 Å². The van der Waals surface area contributed by atoms with E-state index in [1.807, 2.05) is 24.3 Å².